The maximum atomic E-state index is 9.95. The number of nitrogens with one attached hydrogen (secondary N) is 1. The Labute approximate surface area is 91.3 Å². The summed E-state index contributed by atoms with van der Waals surface area (Å²) in [5.41, 5.74) is 1.09. The summed E-state index contributed by atoms with van der Waals surface area (Å²) < 4.78 is 0. The van der Waals surface area contributed by atoms with Crippen LogP contribution in [0.15, 0.2) is 30.3 Å². The number of hydrogen-bond donors (Lipinski definition) is 2. The monoisotopic (exact) mass is 205 g/mol. The van der Waals surface area contributed by atoms with E-state index in [0.717, 1.165) is 5.69 Å². The van der Waals surface area contributed by atoms with E-state index in [0.29, 0.717) is 12.5 Å². The van der Waals surface area contributed by atoms with Crippen molar-refractivity contribution in [2.75, 3.05) is 11.9 Å². The second-order valence-electron chi connectivity index (χ2n) is 4.36. The molecule has 0 aromatic heterocycles. The van der Waals surface area contributed by atoms with Crippen molar-refractivity contribution in [2.45, 2.75) is 31.8 Å². The normalized spacial score (nSPS) is 19.0. The third kappa shape index (κ3) is 2.96. The van der Waals surface area contributed by atoms with Crippen molar-refractivity contribution in [1.82, 2.24) is 0 Å². The van der Waals surface area contributed by atoms with E-state index in [1.807, 2.05) is 30.3 Å². The van der Waals surface area contributed by atoms with Crippen LogP contribution >= 0.6 is 0 Å². The van der Waals surface area contributed by atoms with Gasteiger partial charge in [-0.3, -0.25) is 0 Å². The zero-order valence-corrected chi connectivity index (χ0v) is 9.02. The van der Waals surface area contributed by atoms with Crippen molar-refractivity contribution in [3.05, 3.63) is 30.3 Å². The standard InChI is InChI=1S/C13H19NO/c15-13(11-6-4-5-7-11)10-14-12-8-2-1-3-9-12/h1-3,8-9,11,13-15H,4-7,10H2. The zero-order valence-electron chi connectivity index (χ0n) is 9.02. The zero-order chi connectivity index (χ0) is 10.5. The lowest BCUT2D eigenvalue weighted by Crippen LogP contribution is -2.26. The number of anilines is 1. The fourth-order valence-electron chi connectivity index (χ4n) is 2.29. The molecule has 2 heteroatoms. The summed E-state index contributed by atoms with van der Waals surface area (Å²) in [6.07, 6.45) is 4.77. The summed E-state index contributed by atoms with van der Waals surface area (Å²) in [5.74, 6) is 0.515. The van der Waals surface area contributed by atoms with Crippen LogP contribution in [-0.2, 0) is 0 Å². The lowest BCUT2D eigenvalue weighted by Gasteiger charge is -2.18. The van der Waals surface area contributed by atoms with Gasteiger partial charge in [0.2, 0.25) is 0 Å². The molecule has 0 aliphatic heterocycles. The highest BCUT2D eigenvalue weighted by atomic mass is 16.3. The third-order valence-electron chi connectivity index (χ3n) is 3.23. The minimum atomic E-state index is -0.187. The molecule has 1 atom stereocenters. The summed E-state index contributed by atoms with van der Waals surface area (Å²) >= 11 is 0. The molecule has 2 N–H and O–H groups in total. The molecule has 2 nitrogen and oxygen atoms in total. The summed E-state index contributed by atoms with van der Waals surface area (Å²) in [5, 5.41) is 13.2. The van der Waals surface area contributed by atoms with Crippen LogP contribution in [0, 0.1) is 5.92 Å². The number of aliphatic hydroxyl groups excluding tert-OH is 1. The van der Waals surface area contributed by atoms with Gasteiger partial charge in [0.1, 0.15) is 0 Å². The lowest BCUT2D eigenvalue weighted by molar-refractivity contribution is 0.123. The van der Waals surface area contributed by atoms with Gasteiger partial charge in [-0.1, -0.05) is 31.0 Å². The van der Waals surface area contributed by atoms with Crippen LogP contribution in [0.1, 0.15) is 25.7 Å². The largest absolute Gasteiger partial charge is 0.391 e. The topological polar surface area (TPSA) is 32.3 Å². The molecule has 1 fully saturated rings. The van der Waals surface area contributed by atoms with Crippen LogP contribution in [0.3, 0.4) is 0 Å². The van der Waals surface area contributed by atoms with E-state index in [4.69, 9.17) is 0 Å². The Kier molecular flexibility index (Phi) is 3.62. The van der Waals surface area contributed by atoms with Gasteiger partial charge in [0.25, 0.3) is 0 Å². The van der Waals surface area contributed by atoms with Crippen LogP contribution in [0.25, 0.3) is 0 Å². The maximum absolute atomic E-state index is 9.95. The Balaban J connectivity index is 1.77. The number of para-hydroxylation sites is 1. The van der Waals surface area contributed by atoms with E-state index in [1.165, 1.54) is 25.7 Å². The Morgan fingerprint density at radius 3 is 2.53 bits per heavy atom. The van der Waals surface area contributed by atoms with Crippen LogP contribution < -0.4 is 5.32 Å². The average molecular weight is 205 g/mol. The van der Waals surface area contributed by atoms with E-state index >= 15 is 0 Å². The molecular formula is C13H19NO. The second-order valence-corrected chi connectivity index (χ2v) is 4.36. The van der Waals surface area contributed by atoms with Crippen molar-refractivity contribution in [3.63, 3.8) is 0 Å². The van der Waals surface area contributed by atoms with Gasteiger partial charge in [-0.25, -0.2) is 0 Å². The molecule has 15 heavy (non-hydrogen) atoms. The minimum Gasteiger partial charge on any atom is -0.391 e. The van der Waals surface area contributed by atoms with Gasteiger partial charge >= 0.3 is 0 Å². The lowest BCUT2D eigenvalue weighted by atomic mass is 10.0. The molecule has 0 saturated heterocycles. The summed E-state index contributed by atoms with van der Waals surface area (Å²) in [6.45, 7) is 0.675. The number of rotatable bonds is 4. The minimum absolute atomic E-state index is 0.187. The third-order valence-corrected chi connectivity index (χ3v) is 3.23. The molecule has 1 aromatic rings. The predicted molar refractivity (Wildman–Crippen MR) is 62.9 cm³/mol. The molecule has 1 unspecified atom stereocenters. The molecule has 82 valence electrons. The molecule has 0 amide bonds. The van der Waals surface area contributed by atoms with E-state index in [2.05, 4.69) is 5.32 Å². The van der Waals surface area contributed by atoms with Gasteiger partial charge in [0.05, 0.1) is 6.10 Å². The highest BCUT2D eigenvalue weighted by molar-refractivity contribution is 5.42. The summed E-state index contributed by atoms with van der Waals surface area (Å²) in [7, 11) is 0. The number of benzene rings is 1. The van der Waals surface area contributed by atoms with Crippen LogP contribution in [0.4, 0.5) is 5.69 Å². The molecule has 0 spiro atoms. The summed E-state index contributed by atoms with van der Waals surface area (Å²) in [4.78, 5) is 0. The Morgan fingerprint density at radius 2 is 1.87 bits per heavy atom. The molecule has 0 radical (unpaired) electrons. The second kappa shape index (κ2) is 5.17. The molecule has 1 aliphatic rings. The molecule has 1 aliphatic carbocycles. The first kappa shape index (κ1) is 10.5. The van der Waals surface area contributed by atoms with Crippen molar-refractivity contribution in [3.8, 4) is 0 Å². The first-order valence-corrected chi connectivity index (χ1v) is 5.83. The average Bonchev–Trinajstić information content (AvgIpc) is 2.81. The Hall–Kier alpha value is -1.02. The van der Waals surface area contributed by atoms with E-state index < -0.39 is 0 Å². The fourth-order valence-corrected chi connectivity index (χ4v) is 2.29. The van der Waals surface area contributed by atoms with Gasteiger partial charge < -0.3 is 10.4 Å². The number of hydrogen-bond acceptors (Lipinski definition) is 2. The van der Waals surface area contributed by atoms with Gasteiger partial charge in [0, 0.05) is 12.2 Å². The molecular weight excluding hydrogens is 186 g/mol. The highest BCUT2D eigenvalue weighted by Gasteiger charge is 2.22. The van der Waals surface area contributed by atoms with Gasteiger partial charge in [-0.2, -0.15) is 0 Å². The van der Waals surface area contributed by atoms with Crippen LogP contribution in [0.2, 0.25) is 0 Å². The van der Waals surface area contributed by atoms with Gasteiger partial charge in [-0.15, -0.1) is 0 Å². The first-order valence-electron chi connectivity index (χ1n) is 5.83. The van der Waals surface area contributed by atoms with E-state index in [9.17, 15) is 5.11 Å². The maximum Gasteiger partial charge on any atom is 0.0740 e. The molecule has 1 aromatic carbocycles. The van der Waals surface area contributed by atoms with Crippen molar-refractivity contribution in [1.29, 1.82) is 0 Å². The number of aliphatic hydroxyl groups is 1. The predicted octanol–water partition coefficient (Wildman–Crippen LogP) is 2.65. The van der Waals surface area contributed by atoms with Crippen molar-refractivity contribution < 1.29 is 5.11 Å². The van der Waals surface area contributed by atoms with Crippen molar-refractivity contribution >= 4 is 5.69 Å². The first-order chi connectivity index (χ1) is 7.36. The molecule has 0 bridgehead atoms. The molecule has 1 saturated carbocycles. The highest BCUT2D eigenvalue weighted by Crippen LogP contribution is 2.27. The van der Waals surface area contributed by atoms with Crippen LogP contribution in [0.5, 0.6) is 0 Å². The molecule has 0 heterocycles. The molecule has 2 rings (SSSR count). The van der Waals surface area contributed by atoms with Gasteiger partial charge in [0.15, 0.2) is 0 Å². The summed E-state index contributed by atoms with van der Waals surface area (Å²) in [6, 6.07) is 10.1. The van der Waals surface area contributed by atoms with E-state index in [1.54, 1.807) is 0 Å². The Morgan fingerprint density at radius 1 is 1.20 bits per heavy atom. The van der Waals surface area contributed by atoms with Gasteiger partial charge in [-0.05, 0) is 30.9 Å². The van der Waals surface area contributed by atoms with E-state index in [-0.39, 0.29) is 6.10 Å². The smallest absolute Gasteiger partial charge is 0.0740 e. The SMILES string of the molecule is OC(CNc1ccccc1)C1CCCC1. The van der Waals surface area contributed by atoms with Crippen molar-refractivity contribution in [2.24, 2.45) is 5.92 Å². The Bertz CT molecular complexity index is 280. The quantitative estimate of drug-likeness (QED) is 0.792. The van der Waals surface area contributed by atoms with Crippen LogP contribution in [-0.4, -0.2) is 17.8 Å². The fraction of sp³-hybridized carbons (Fsp3) is 0.538.